The van der Waals surface area contributed by atoms with Crippen molar-refractivity contribution in [3.8, 4) is 12.1 Å². The van der Waals surface area contributed by atoms with Gasteiger partial charge in [0, 0.05) is 32.7 Å². The van der Waals surface area contributed by atoms with E-state index in [0.29, 0.717) is 0 Å². The van der Waals surface area contributed by atoms with E-state index in [1.165, 1.54) is 43.6 Å². The van der Waals surface area contributed by atoms with Crippen LogP contribution in [-0.2, 0) is 37.5 Å². The summed E-state index contributed by atoms with van der Waals surface area (Å²) in [5.41, 5.74) is 0. The van der Waals surface area contributed by atoms with Gasteiger partial charge in [-0.2, -0.15) is 10.5 Å². The molecule has 0 amide bonds. The van der Waals surface area contributed by atoms with Gasteiger partial charge in [-0.15, -0.1) is 0 Å². The van der Waals surface area contributed by atoms with Crippen LogP contribution in [0.1, 0.15) is 32.6 Å². The number of nitrogens with zero attached hydrogens (tertiary/aromatic N) is 2. The largest absolute Gasteiger partial charge is 0.479 e. The van der Waals surface area contributed by atoms with Crippen molar-refractivity contribution in [3.05, 3.63) is 6.26 Å². The van der Waals surface area contributed by atoms with Crippen molar-refractivity contribution in [1.82, 2.24) is 0 Å². The second-order valence-corrected chi connectivity index (χ2v) is 3.81. The molecule has 0 rings (SSSR count). The van der Waals surface area contributed by atoms with Gasteiger partial charge in [0.25, 0.3) is 0 Å². The monoisotopic (exact) mass is 330 g/mol. The predicted molar refractivity (Wildman–Crippen MR) is 64.3 cm³/mol. The van der Waals surface area contributed by atoms with E-state index < -0.39 is 11.9 Å². The molecule has 4 nitrogen and oxygen atoms in total. The normalized spacial score (nSPS) is 8.06. The van der Waals surface area contributed by atoms with Gasteiger partial charge in [0.2, 0.25) is 5.92 Å². The smallest absolute Gasteiger partial charge is 0.335 e. The second kappa shape index (κ2) is 18.3. The molecule has 0 aliphatic rings. The van der Waals surface area contributed by atoms with Crippen molar-refractivity contribution >= 4 is 17.7 Å². The number of carbonyl (C=O) groups is 1. The van der Waals surface area contributed by atoms with Gasteiger partial charge in [-0.1, -0.05) is 26.2 Å². The molecule has 0 saturated carbocycles. The zero-order valence-corrected chi connectivity index (χ0v) is 13.7. The molecule has 6 heteroatoms. The van der Waals surface area contributed by atoms with Crippen molar-refractivity contribution in [3.63, 3.8) is 0 Å². The summed E-state index contributed by atoms with van der Waals surface area (Å²) in [6, 6.07) is 2.58. The number of nitriles is 2. The molecule has 93 valence electrons. The molecule has 1 N–H and O–H groups in total. The molecule has 17 heavy (non-hydrogen) atoms. The summed E-state index contributed by atoms with van der Waals surface area (Å²) in [7, 11) is 0. The van der Waals surface area contributed by atoms with Crippen LogP contribution < -0.4 is 0 Å². The third-order valence-corrected chi connectivity index (χ3v) is 2.22. The molecule has 0 aromatic rings. The van der Waals surface area contributed by atoms with Crippen LogP contribution in [0.25, 0.3) is 0 Å². The number of unbranched alkanes of at least 4 members (excludes halogenated alkanes) is 3. The van der Waals surface area contributed by atoms with Gasteiger partial charge in [-0.3, -0.25) is 6.26 Å². The number of thioether (sulfide) groups is 1. The van der Waals surface area contributed by atoms with Gasteiger partial charge in [-0.25, -0.2) is 4.79 Å². The molecular weight excluding hydrogens is 313 g/mol. The van der Waals surface area contributed by atoms with Gasteiger partial charge in [-0.05, 0) is 12.2 Å². The molecule has 0 aliphatic carbocycles. The second-order valence-electron chi connectivity index (χ2n) is 3.00. The Kier molecular flexibility index (Phi) is 23.8. The molecule has 0 bridgehead atoms. The SMILES string of the molecule is N#CC(C#N)C(=O)O.[CH2-]SCCCCCC.[Y]. The summed E-state index contributed by atoms with van der Waals surface area (Å²) in [4.78, 5) is 9.72. The maximum Gasteiger partial charge on any atom is 0.335 e. The third kappa shape index (κ3) is 18.5. The molecule has 0 heterocycles. The van der Waals surface area contributed by atoms with E-state index in [1.807, 2.05) is 0 Å². The van der Waals surface area contributed by atoms with Crippen LogP contribution in [0.4, 0.5) is 0 Å². The van der Waals surface area contributed by atoms with E-state index in [-0.39, 0.29) is 32.7 Å². The molecule has 1 radical (unpaired) electrons. The van der Waals surface area contributed by atoms with E-state index in [0.717, 1.165) is 0 Å². The van der Waals surface area contributed by atoms with Crippen molar-refractivity contribution in [2.75, 3.05) is 5.75 Å². The summed E-state index contributed by atoms with van der Waals surface area (Å²) < 4.78 is 0. The summed E-state index contributed by atoms with van der Waals surface area (Å²) in [6.07, 6.45) is 9.16. The Hall–Kier alpha value is -0.0961. The third-order valence-electron chi connectivity index (χ3n) is 1.65. The minimum absolute atomic E-state index is 0. The minimum atomic E-state index is -1.52. The number of rotatable bonds is 6. The van der Waals surface area contributed by atoms with E-state index in [4.69, 9.17) is 15.6 Å². The summed E-state index contributed by atoms with van der Waals surface area (Å²) in [5, 5.41) is 23.6. The van der Waals surface area contributed by atoms with Gasteiger partial charge in [0.05, 0.1) is 12.1 Å². The Morgan fingerprint density at radius 3 is 2.12 bits per heavy atom. The van der Waals surface area contributed by atoms with Gasteiger partial charge >= 0.3 is 5.97 Å². The Balaban J connectivity index is -0.000000218. The first-order chi connectivity index (χ1) is 7.63. The standard InChI is InChI=1S/C7H15S.C4H2N2O2.Y/c1-3-4-5-6-7-8-2;5-1-3(2-6)4(7)8;/h2-7H2,1H3;3H,(H,7,8);/q-1;;. The summed E-state index contributed by atoms with van der Waals surface area (Å²) in [6.45, 7) is 2.23. The first-order valence-electron chi connectivity index (χ1n) is 5.03. The van der Waals surface area contributed by atoms with E-state index in [9.17, 15) is 4.79 Å². The predicted octanol–water partition coefficient (Wildman–Crippen LogP) is 2.82. The van der Waals surface area contributed by atoms with Crippen LogP contribution >= 0.6 is 11.8 Å². The first kappa shape index (κ1) is 22.1. The Morgan fingerprint density at radius 1 is 1.35 bits per heavy atom. The molecule has 0 aromatic carbocycles. The number of aliphatic carboxylic acids is 1. The van der Waals surface area contributed by atoms with Crippen molar-refractivity contribution in [1.29, 1.82) is 10.5 Å². The Morgan fingerprint density at radius 2 is 1.88 bits per heavy atom. The van der Waals surface area contributed by atoms with Crippen LogP contribution in [0.2, 0.25) is 0 Å². The molecule has 0 aliphatic heterocycles. The van der Waals surface area contributed by atoms with Crippen LogP contribution in [0, 0.1) is 34.8 Å². The average molecular weight is 330 g/mol. The summed E-state index contributed by atoms with van der Waals surface area (Å²) in [5.74, 6) is -1.68. The van der Waals surface area contributed by atoms with E-state index in [1.54, 1.807) is 11.8 Å². The number of carboxylic acids is 1. The fourth-order valence-electron chi connectivity index (χ4n) is 0.770. The summed E-state index contributed by atoms with van der Waals surface area (Å²) >= 11 is 1.70. The number of hydrogen-bond donors (Lipinski definition) is 1. The molecule has 0 spiro atoms. The van der Waals surface area contributed by atoms with Crippen molar-refractivity contribution < 1.29 is 42.6 Å². The minimum Gasteiger partial charge on any atom is -0.479 e. The molecule has 0 fully saturated rings. The zero-order chi connectivity index (χ0) is 12.8. The van der Waals surface area contributed by atoms with Gasteiger partial charge < -0.3 is 16.9 Å². The maximum atomic E-state index is 9.72. The van der Waals surface area contributed by atoms with Crippen LogP contribution in [0.3, 0.4) is 0 Å². The fourth-order valence-corrected chi connectivity index (χ4v) is 1.18. The zero-order valence-electron chi connectivity index (χ0n) is 10.1. The first-order valence-corrected chi connectivity index (χ1v) is 6.18. The molecule has 0 aromatic heterocycles. The molecule has 0 unspecified atom stereocenters. The van der Waals surface area contributed by atoms with Gasteiger partial charge in [0.15, 0.2) is 0 Å². The quantitative estimate of drug-likeness (QED) is 0.598. The number of carboxylic acid groups (broad SMARTS) is 1. The van der Waals surface area contributed by atoms with Crippen LogP contribution in [0.5, 0.6) is 0 Å². The number of hydrogen-bond acceptors (Lipinski definition) is 4. The molecule has 0 atom stereocenters. The molecule has 0 saturated heterocycles. The van der Waals surface area contributed by atoms with E-state index >= 15 is 0 Å². The maximum absolute atomic E-state index is 9.72. The van der Waals surface area contributed by atoms with Gasteiger partial charge in [0.1, 0.15) is 0 Å². The Bertz CT molecular complexity index is 241. The van der Waals surface area contributed by atoms with Crippen LogP contribution in [0.15, 0.2) is 0 Å². The van der Waals surface area contributed by atoms with E-state index in [2.05, 4.69) is 13.2 Å². The average Bonchev–Trinajstić information content (AvgIpc) is 2.27. The Labute approximate surface area is 133 Å². The van der Waals surface area contributed by atoms with Crippen molar-refractivity contribution in [2.45, 2.75) is 32.6 Å². The fraction of sp³-hybridized carbons (Fsp3) is 0.636. The topological polar surface area (TPSA) is 84.9 Å². The molecular formula is C11H17N2O2SY-. The van der Waals surface area contributed by atoms with Crippen LogP contribution in [-0.4, -0.2) is 16.8 Å². The van der Waals surface area contributed by atoms with Crippen molar-refractivity contribution in [2.24, 2.45) is 5.92 Å².